The Morgan fingerprint density at radius 2 is 0.703 bits per heavy atom. The number of unbranched alkanes of at least 4 members (excludes halogenated alkanes) is 24. The Morgan fingerprint density at radius 3 is 1.12 bits per heavy atom. The monoisotopic (exact) mass is 891 g/mol. The van der Waals surface area contributed by atoms with Gasteiger partial charge in [-0.1, -0.05) is 209 Å². The lowest BCUT2D eigenvalue weighted by Gasteiger charge is -2.18. The SMILES string of the molecule is CC/C=C\C/C=C\C/C=C\CCCCCCCCCC(=O)OCC(COCCCCCCCC/C=C\C/C=C\CCCCC)OC(=O)CCCCCCC/C=C\C/C=C\CCCCC. The summed E-state index contributed by atoms with van der Waals surface area (Å²) in [4.78, 5) is 25.5. The van der Waals surface area contributed by atoms with Crippen molar-refractivity contribution in [3.63, 3.8) is 0 Å². The highest BCUT2D eigenvalue weighted by molar-refractivity contribution is 5.70. The maximum atomic E-state index is 12.8. The van der Waals surface area contributed by atoms with E-state index >= 15 is 0 Å². The van der Waals surface area contributed by atoms with Gasteiger partial charge < -0.3 is 14.2 Å². The van der Waals surface area contributed by atoms with Crippen LogP contribution in [-0.2, 0) is 23.8 Å². The molecule has 1 unspecified atom stereocenters. The molecule has 1 atom stereocenters. The fraction of sp³-hybridized carbons (Fsp3) is 0.729. The molecule has 0 fully saturated rings. The van der Waals surface area contributed by atoms with Crippen LogP contribution in [0.3, 0.4) is 0 Å². The first-order valence-electron chi connectivity index (χ1n) is 27.1. The molecular formula is C59H102O5. The lowest BCUT2D eigenvalue weighted by atomic mass is 10.1. The topological polar surface area (TPSA) is 61.8 Å². The number of carbonyl (C=O) groups is 2. The van der Waals surface area contributed by atoms with Crippen LogP contribution in [0.1, 0.15) is 252 Å². The number of carbonyl (C=O) groups excluding carboxylic acids is 2. The summed E-state index contributed by atoms with van der Waals surface area (Å²) in [7, 11) is 0. The minimum Gasteiger partial charge on any atom is -0.462 e. The number of esters is 2. The molecule has 5 nitrogen and oxygen atoms in total. The molecule has 64 heavy (non-hydrogen) atoms. The summed E-state index contributed by atoms with van der Waals surface area (Å²) in [6, 6.07) is 0. The van der Waals surface area contributed by atoms with Crippen LogP contribution in [0.5, 0.6) is 0 Å². The van der Waals surface area contributed by atoms with E-state index in [1.54, 1.807) is 0 Å². The second-order valence-electron chi connectivity index (χ2n) is 17.7. The van der Waals surface area contributed by atoms with E-state index in [0.717, 1.165) is 96.3 Å². The van der Waals surface area contributed by atoms with E-state index in [1.807, 2.05) is 0 Å². The van der Waals surface area contributed by atoms with Gasteiger partial charge in [-0.3, -0.25) is 9.59 Å². The van der Waals surface area contributed by atoms with Crippen LogP contribution in [0.15, 0.2) is 85.1 Å². The molecule has 0 radical (unpaired) electrons. The molecule has 0 N–H and O–H groups in total. The molecule has 0 heterocycles. The van der Waals surface area contributed by atoms with Crippen molar-refractivity contribution in [2.24, 2.45) is 0 Å². The summed E-state index contributed by atoms with van der Waals surface area (Å²) in [5.74, 6) is -0.429. The first-order chi connectivity index (χ1) is 31.6. The van der Waals surface area contributed by atoms with Crippen molar-refractivity contribution in [1.29, 1.82) is 0 Å². The van der Waals surface area contributed by atoms with Crippen LogP contribution in [0.25, 0.3) is 0 Å². The van der Waals surface area contributed by atoms with Gasteiger partial charge in [-0.2, -0.15) is 0 Å². The van der Waals surface area contributed by atoms with E-state index in [1.165, 1.54) is 122 Å². The molecule has 0 aromatic rings. The zero-order valence-corrected chi connectivity index (χ0v) is 42.3. The second-order valence-corrected chi connectivity index (χ2v) is 17.7. The predicted octanol–water partition coefficient (Wildman–Crippen LogP) is 18.5. The minimum atomic E-state index is -0.557. The molecule has 0 bridgehead atoms. The molecule has 0 aliphatic carbocycles. The minimum absolute atomic E-state index is 0.0669. The standard InChI is InChI=1S/C59H102O5/c1-4-7-10-13-16-19-22-25-28-30-32-34-37-40-43-46-49-52-58(60)63-56-57(55-62-54-51-48-45-42-39-36-33-29-26-23-20-17-14-11-8-5-2)64-59(61)53-50-47-44-41-38-35-31-27-24-21-18-15-12-9-6-3/h7,10,16-21,25-29,31,57H,4-6,8-9,11-15,22-24,30,32-56H2,1-3H3/b10-7-,19-16-,20-17-,21-18-,28-25-,29-26-,31-27-. The van der Waals surface area contributed by atoms with Gasteiger partial charge in [0.05, 0.1) is 6.61 Å². The third-order valence-electron chi connectivity index (χ3n) is 11.4. The van der Waals surface area contributed by atoms with Crippen molar-refractivity contribution in [2.45, 2.75) is 258 Å². The van der Waals surface area contributed by atoms with Crippen LogP contribution < -0.4 is 0 Å². The first kappa shape index (κ1) is 61.1. The molecule has 0 saturated heterocycles. The van der Waals surface area contributed by atoms with Crippen LogP contribution in [-0.4, -0.2) is 37.9 Å². The number of allylic oxidation sites excluding steroid dienone is 14. The molecular weight excluding hydrogens is 789 g/mol. The Labute approximate surface area is 397 Å². The van der Waals surface area contributed by atoms with Crippen molar-refractivity contribution in [3.8, 4) is 0 Å². The lowest BCUT2D eigenvalue weighted by Crippen LogP contribution is -2.30. The van der Waals surface area contributed by atoms with Crippen molar-refractivity contribution in [2.75, 3.05) is 19.8 Å². The Bertz CT molecular complexity index is 1190. The normalized spacial score (nSPS) is 12.9. The van der Waals surface area contributed by atoms with E-state index in [-0.39, 0.29) is 25.2 Å². The first-order valence-corrected chi connectivity index (χ1v) is 27.1. The smallest absolute Gasteiger partial charge is 0.306 e. The molecule has 368 valence electrons. The van der Waals surface area contributed by atoms with E-state index in [2.05, 4.69) is 106 Å². The van der Waals surface area contributed by atoms with Gasteiger partial charge in [0, 0.05) is 19.4 Å². The molecule has 0 amide bonds. The Kier molecular flexibility index (Phi) is 51.9. The average molecular weight is 891 g/mol. The summed E-state index contributed by atoms with van der Waals surface area (Å²) < 4.78 is 17.4. The Hall–Kier alpha value is -2.92. The predicted molar refractivity (Wildman–Crippen MR) is 279 cm³/mol. The van der Waals surface area contributed by atoms with E-state index in [4.69, 9.17) is 14.2 Å². The average Bonchev–Trinajstić information content (AvgIpc) is 3.30. The number of hydrogen-bond donors (Lipinski definition) is 0. The third kappa shape index (κ3) is 51.7. The fourth-order valence-corrected chi connectivity index (χ4v) is 7.35. The van der Waals surface area contributed by atoms with E-state index in [0.29, 0.717) is 19.4 Å². The quantitative estimate of drug-likeness (QED) is 0.0346. The van der Waals surface area contributed by atoms with Crippen molar-refractivity contribution in [3.05, 3.63) is 85.1 Å². The van der Waals surface area contributed by atoms with Gasteiger partial charge in [0.2, 0.25) is 0 Å². The molecule has 0 spiro atoms. The highest BCUT2D eigenvalue weighted by atomic mass is 16.6. The Balaban J connectivity index is 4.34. The lowest BCUT2D eigenvalue weighted by molar-refractivity contribution is -0.163. The summed E-state index contributed by atoms with van der Waals surface area (Å²) >= 11 is 0. The van der Waals surface area contributed by atoms with Gasteiger partial charge in [0.1, 0.15) is 6.61 Å². The van der Waals surface area contributed by atoms with Crippen LogP contribution in [0.2, 0.25) is 0 Å². The van der Waals surface area contributed by atoms with Crippen LogP contribution in [0, 0.1) is 0 Å². The summed E-state index contributed by atoms with van der Waals surface area (Å²) in [5.41, 5.74) is 0. The van der Waals surface area contributed by atoms with Gasteiger partial charge in [-0.15, -0.1) is 0 Å². The van der Waals surface area contributed by atoms with Crippen LogP contribution >= 0.6 is 0 Å². The van der Waals surface area contributed by atoms with Gasteiger partial charge in [-0.05, 0) is 116 Å². The maximum Gasteiger partial charge on any atom is 0.306 e. The van der Waals surface area contributed by atoms with Gasteiger partial charge in [0.15, 0.2) is 6.10 Å². The molecule has 0 rings (SSSR count). The summed E-state index contributed by atoms with van der Waals surface area (Å²) in [6.07, 6.45) is 71.6. The fourth-order valence-electron chi connectivity index (χ4n) is 7.35. The van der Waals surface area contributed by atoms with Gasteiger partial charge in [-0.25, -0.2) is 0 Å². The van der Waals surface area contributed by atoms with E-state index in [9.17, 15) is 9.59 Å². The van der Waals surface area contributed by atoms with E-state index < -0.39 is 6.10 Å². The molecule has 0 aromatic carbocycles. The Morgan fingerprint density at radius 1 is 0.359 bits per heavy atom. The van der Waals surface area contributed by atoms with Crippen molar-refractivity contribution < 1.29 is 23.8 Å². The third-order valence-corrected chi connectivity index (χ3v) is 11.4. The second kappa shape index (κ2) is 54.4. The highest BCUT2D eigenvalue weighted by Gasteiger charge is 2.17. The van der Waals surface area contributed by atoms with Gasteiger partial charge >= 0.3 is 11.9 Å². The van der Waals surface area contributed by atoms with Crippen molar-refractivity contribution in [1.82, 2.24) is 0 Å². The summed E-state index contributed by atoms with van der Waals surface area (Å²) in [5, 5.41) is 0. The molecule has 5 heteroatoms. The molecule has 0 aromatic heterocycles. The zero-order chi connectivity index (χ0) is 46.3. The molecule has 0 aliphatic heterocycles. The van der Waals surface area contributed by atoms with Crippen molar-refractivity contribution >= 4 is 11.9 Å². The summed E-state index contributed by atoms with van der Waals surface area (Å²) in [6.45, 7) is 7.63. The number of ether oxygens (including phenoxy) is 3. The maximum absolute atomic E-state index is 12.8. The zero-order valence-electron chi connectivity index (χ0n) is 42.3. The van der Waals surface area contributed by atoms with Gasteiger partial charge in [0.25, 0.3) is 0 Å². The highest BCUT2D eigenvalue weighted by Crippen LogP contribution is 2.14. The van der Waals surface area contributed by atoms with Crippen LogP contribution in [0.4, 0.5) is 0 Å². The molecule has 0 aliphatic rings. The number of hydrogen-bond acceptors (Lipinski definition) is 5. The molecule has 0 saturated carbocycles. The number of rotatable bonds is 49. The largest absolute Gasteiger partial charge is 0.462 e.